The zero-order chi connectivity index (χ0) is 15.5. The van der Waals surface area contributed by atoms with Crippen LogP contribution in [-0.4, -0.2) is 50.8 Å². The lowest BCUT2D eigenvalue weighted by Gasteiger charge is -2.20. The number of benzene rings is 1. The largest absolute Gasteiger partial charge is 0.497 e. The molecule has 1 aromatic carbocycles. The SMILES string of the molecule is CCCN(CCOc1ccc(OC)cc1)CC(=O)OCC. The second kappa shape index (κ2) is 10.0. The summed E-state index contributed by atoms with van der Waals surface area (Å²) < 4.78 is 15.7. The van der Waals surface area contributed by atoms with E-state index in [-0.39, 0.29) is 5.97 Å². The first-order valence-electron chi connectivity index (χ1n) is 7.34. The van der Waals surface area contributed by atoms with Crippen molar-refractivity contribution < 1.29 is 19.0 Å². The summed E-state index contributed by atoms with van der Waals surface area (Å²) in [5, 5.41) is 0. The summed E-state index contributed by atoms with van der Waals surface area (Å²) in [4.78, 5) is 13.6. The van der Waals surface area contributed by atoms with Crippen molar-refractivity contribution in [3.8, 4) is 11.5 Å². The monoisotopic (exact) mass is 295 g/mol. The lowest BCUT2D eigenvalue weighted by Crippen LogP contribution is -2.35. The summed E-state index contributed by atoms with van der Waals surface area (Å²) in [6.07, 6.45) is 0.988. The Morgan fingerprint density at radius 1 is 1.10 bits per heavy atom. The molecule has 0 heterocycles. The van der Waals surface area contributed by atoms with Crippen LogP contribution in [0.4, 0.5) is 0 Å². The lowest BCUT2D eigenvalue weighted by molar-refractivity contribution is -0.144. The smallest absolute Gasteiger partial charge is 0.320 e. The fourth-order valence-corrected chi connectivity index (χ4v) is 1.94. The summed E-state index contributed by atoms with van der Waals surface area (Å²) >= 11 is 0. The molecule has 0 bridgehead atoms. The van der Waals surface area contributed by atoms with E-state index in [1.165, 1.54) is 0 Å². The van der Waals surface area contributed by atoms with Crippen LogP contribution in [0.5, 0.6) is 11.5 Å². The van der Waals surface area contributed by atoms with Crippen molar-refractivity contribution in [3.05, 3.63) is 24.3 Å². The second-order valence-corrected chi connectivity index (χ2v) is 4.61. The summed E-state index contributed by atoms with van der Waals surface area (Å²) in [5.74, 6) is 1.41. The molecule has 0 aromatic heterocycles. The van der Waals surface area contributed by atoms with Gasteiger partial charge in [0.1, 0.15) is 18.1 Å². The second-order valence-electron chi connectivity index (χ2n) is 4.61. The van der Waals surface area contributed by atoms with Gasteiger partial charge in [0.05, 0.1) is 20.3 Å². The molecule has 0 aliphatic rings. The molecule has 0 aliphatic carbocycles. The Kier molecular flexibility index (Phi) is 8.28. The third-order valence-electron chi connectivity index (χ3n) is 2.93. The van der Waals surface area contributed by atoms with Crippen LogP contribution >= 0.6 is 0 Å². The number of carbonyl (C=O) groups is 1. The summed E-state index contributed by atoms with van der Waals surface area (Å²) in [5.41, 5.74) is 0. The molecule has 0 saturated heterocycles. The molecule has 0 spiro atoms. The van der Waals surface area contributed by atoms with E-state index in [9.17, 15) is 4.79 Å². The molecule has 1 rings (SSSR count). The molecule has 0 N–H and O–H groups in total. The Morgan fingerprint density at radius 3 is 2.33 bits per heavy atom. The van der Waals surface area contributed by atoms with Gasteiger partial charge in [-0.05, 0) is 44.2 Å². The molecular weight excluding hydrogens is 270 g/mol. The third-order valence-corrected chi connectivity index (χ3v) is 2.93. The van der Waals surface area contributed by atoms with Crippen molar-refractivity contribution >= 4 is 5.97 Å². The van der Waals surface area contributed by atoms with E-state index < -0.39 is 0 Å². The minimum atomic E-state index is -0.185. The van der Waals surface area contributed by atoms with Gasteiger partial charge in [0.25, 0.3) is 0 Å². The standard InChI is InChI=1S/C16H25NO4/c1-4-10-17(13-16(18)20-5-2)11-12-21-15-8-6-14(19-3)7-9-15/h6-9H,4-5,10-13H2,1-3H3. The molecule has 5 heteroatoms. The van der Waals surface area contributed by atoms with Gasteiger partial charge in [-0.1, -0.05) is 6.92 Å². The number of rotatable bonds is 10. The van der Waals surface area contributed by atoms with Crippen molar-refractivity contribution in [2.75, 3.05) is 40.0 Å². The predicted molar refractivity (Wildman–Crippen MR) is 81.9 cm³/mol. The molecule has 0 radical (unpaired) electrons. The molecule has 0 amide bonds. The molecular formula is C16H25NO4. The molecule has 0 atom stereocenters. The Hall–Kier alpha value is -1.75. The minimum absolute atomic E-state index is 0.185. The number of nitrogens with zero attached hydrogens (tertiary/aromatic N) is 1. The number of esters is 1. The first-order chi connectivity index (χ1) is 10.2. The topological polar surface area (TPSA) is 48.0 Å². The van der Waals surface area contributed by atoms with Crippen LogP contribution in [0, 0.1) is 0 Å². The highest BCUT2D eigenvalue weighted by Crippen LogP contribution is 2.16. The maximum atomic E-state index is 11.5. The number of ether oxygens (including phenoxy) is 3. The van der Waals surface area contributed by atoms with Crippen LogP contribution in [-0.2, 0) is 9.53 Å². The van der Waals surface area contributed by atoms with Gasteiger partial charge in [-0.25, -0.2) is 0 Å². The van der Waals surface area contributed by atoms with Gasteiger partial charge in [0.15, 0.2) is 0 Å². The van der Waals surface area contributed by atoms with Gasteiger partial charge in [-0.15, -0.1) is 0 Å². The molecule has 1 aromatic rings. The minimum Gasteiger partial charge on any atom is -0.497 e. The highest BCUT2D eigenvalue weighted by Gasteiger charge is 2.10. The Balaban J connectivity index is 2.36. The Bertz CT molecular complexity index is 405. The summed E-state index contributed by atoms with van der Waals surface area (Å²) in [6, 6.07) is 7.46. The fraction of sp³-hybridized carbons (Fsp3) is 0.562. The van der Waals surface area contributed by atoms with Crippen LogP contribution in [0.3, 0.4) is 0 Å². The molecule has 21 heavy (non-hydrogen) atoms. The zero-order valence-electron chi connectivity index (χ0n) is 13.1. The van der Waals surface area contributed by atoms with E-state index in [1.807, 2.05) is 36.1 Å². The molecule has 0 fully saturated rings. The lowest BCUT2D eigenvalue weighted by atomic mass is 10.3. The van der Waals surface area contributed by atoms with Gasteiger partial charge in [-0.2, -0.15) is 0 Å². The van der Waals surface area contributed by atoms with Crippen molar-refractivity contribution in [1.29, 1.82) is 0 Å². The van der Waals surface area contributed by atoms with Crippen LogP contribution in [0.2, 0.25) is 0 Å². The molecule has 0 unspecified atom stereocenters. The molecule has 5 nitrogen and oxygen atoms in total. The van der Waals surface area contributed by atoms with E-state index in [4.69, 9.17) is 14.2 Å². The van der Waals surface area contributed by atoms with Gasteiger partial charge >= 0.3 is 5.97 Å². The number of hydrogen-bond acceptors (Lipinski definition) is 5. The van der Waals surface area contributed by atoms with E-state index in [0.29, 0.717) is 26.3 Å². The van der Waals surface area contributed by atoms with Gasteiger partial charge < -0.3 is 14.2 Å². The zero-order valence-corrected chi connectivity index (χ0v) is 13.1. The van der Waals surface area contributed by atoms with Crippen LogP contribution in [0.15, 0.2) is 24.3 Å². The summed E-state index contributed by atoms with van der Waals surface area (Å²) in [7, 11) is 1.63. The van der Waals surface area contributed by atoms with Crippen molar-refractivity contribution in [1.82, 2.24) is 4.90 Å². The molecule has 118 valence electrons. The van der Waals surface area contributed by atoms with E-state index >= 15 is 0 Å². The van der Waals surface area contributed by atoms with Crippen LogP contribution in [0.1, 0.15) is 20.3 Å². The maximum Gasteiger partial charge on any atom is 0.320 e. The Labute approximate surface area is 126 Å². The average molecular weight is 295 g/mol. The highest BCUT2D eigenvalue weighted by atomic mass is 16.5. The quantitative estimate of drug-likeness (QED) is 0.620. The van der Waals surface area contributed by atoms with Gasteiger partial charge in [-0.3, -0.25) is 9.69 Å². The molecule has 0 aliphatic heterocycles. The third kappa shape index (κ3) is 6.99. The maximum absolute atomic E-state index is 11.5. The van der Waals surface area contributed by atoms with E-state index in [2.05, 4.69) is 6.92 Å². The van der Waals surface area contributed by atoms with Crippen molar-refractivity contribution in [2.45, 2.75) is 20.3 Å². The predicted octanol–water partition coefficient (Wildman–Crippen LogP) is 2.35. The summed E-state index contributed by atoms with van der Waals surface area (Å²) in [6.45, 7) is 6.71. The van der Waals surface area contributed by atoms with Gasteiger partial charge in [0.2, 0.25) is 0 Å². The van der Waals surface area contributed by atoms with Crippen molar-refractivity contribution in [3.63, 3.8) is 0 Å². The van der Waals surface area contributed by atoms with Gasteiger partial charge in [0, 0.05) is 6.54 Å². The first kappa shape index (κ1) is 17.3. The van der Waals surface area contributed by atoms with Crippen molar-refractivity contribution in [2.24, 2.45) is 0 Å². The van der Waals surface area contributed by atoms with E-state index in [0.717, 1.165) is 24.5 Å². The number of hydrogen-bond donors (Lipinski definition) is 0. The number of methoxy groups -OCH3 is 1. The fourth-order valence-electron chi connectivity index (χ4n) is 1.94. The normalized spacial score (nSPS) is 10.5. The Morgan fingerprint density at radius 2 is 1.76 bits per heavy atom. The van der Waals surface area contributed by atoms with Crippen LogP contribution < -0.4 is 9.47 Å². The first-order valence-corrected chi connectivity index (χ1v) is 7.34. The highest BCUT2D eigenvalue weighted by molar-refractivity contribution is 5.71. The average Bonchev–Trinajstić information content (AvgIpc) is 2.48. The number of carbonyl (C=O) groups excluding carboxylic acids is 1. The molecule has 0 saturated carbocycles. The van der Waals surface area contributed by atoms with E-state index in [1.54, 1.807) is 7.11 Å². The van der Waals surface area contributed by atoms with Crippen LogP contribution in [0.25, 0.3) is 0 Å².